The van der Waals surface area contributed by atoms with Crippen LogP contribution in [-0.2, 0) is 4.74 Å². The summed E-state index contributed by atoms with van der Waals surface area (Å²) < 4.78 is 5.79. The Kier molecular flexibility index (Phi) is 3.48. The number of nitrogens with one attached hydrogen (secondary N) is 1. The van der Waals surface area contributed by atoms with Crippen molar-refractivity contribution in [1.82, 2.24) is 10.2 Å². The van der Waals surface area contributed by atoms with Gasteiger partial charge in [0.05, 0.1) is 18.3 Å². The summed E-state index contributed by atoms with van der Waals surface area (Å²) in [6.07, 6.45) is 3.18. The van der Waals surface area contributed by atoms with Gasteiger partial charge >= 0.3 is 0 Å². The Balaban J connectivity index is 1.91. The zero-order chi connectivity index (χ0) is 11.6. The van der Waals surface area contributed by atoms with Crippen LogP contribution in [0.25, 0.3) is 0 Å². The number of fused-ring (bicyclic) bond motifs is 2. The molecule has 0 aromatic carbocycles. The number of rotatable bonds is 4. The fraction of sp³-hybridized carbons (Fsp3) is 0.917. The first-order valence-electron chi connectivity index (χ1n) is 6.19. The Labute approximate surface area is 97.6 Å². The van der Waals surface area contributed by atoms with Crippen molar-refractivity contribution in [2.24, 2.45) is 0 Å². The fourth-order valence-electron chi connectivity index (χ4n) is 2.80. The van der Waals surface area contributed by atoms with Gasteiger partial charge in [0.2, 0.25) is 0 Å². The van der Waals surface area contributed by atoms with Crippen molar-refractivity contribution < 1.29 is 4.74 Å². The highest BCUT2D eigenvalue weighted by atomic mass is 16.5. The zero-order valence-corrected chi connectivity index (χ0v) is 10.2. The Hall–Kier alpha value is -0.630. The van der Waals surface area contributed by atoms with Crippen LogP contribution in [0.3, 0.4) is 0 Å². The largest absolute Gasteiger partial charge is 0.372 e. The lowest BCUT2D eigenvalue weighted by atomic mass is 10.0. The van der Waals surface area contributed by atoms with E-state index in [-0.39, 0.29) is 0 Å². The van der Waals surface area contributed by atoms with Crippen molar-refractivity contribution in [3.63, 3.8) is 0 Å². The number of morpholine rings is 1. The number of likely N-dealkylation sites (tertiary alicyclic amines) is 1. The lowest BCUT2D eigenvalue weighted by molar-refractivity contribution is -0.0426. The Morgan fingerprint density at radius 2 is 2.06 bits per heavy atom. The summed E-state index contributed by atoms with van der Waals surface area (Å²) in [4.78, 5) is 2.37. The quantitative estimate of drug-likeness (QED) is 0.763. The van der Waals surface area contributed by atoms with E-state index in [9.17, 15) is 5.26 Å². The molecule has 2 aliphatic heterocycles. The monoisotopic (exact) mass is 223 g/mol. The predicted molar refractivity (Wildman–Crippen MR) is 62.0 cm³/mol. The summed E-state index contributed by atoms with van der Waals surface area (Å²) in [5.41, 5.74) is -0.425. The molecule has 0 saturated carbocycles. The molecule has 16 heavy (non-hydrogen) atoms. The molecule has 0 spiro atoms. The maximum Gasteiger partial charge on any atom is 0.116 e. The first-order chi connectivity index (χ1) is 7.65. The molecule has 2 bridgehead atoms. The van der Waals surface area contributed by atoms with E-state index in [1.165, 1.54) is 12.8 Å². The molecule has 0 radical (unpaired) electrons. The van der Waals surface area contributed by atoms with E-state index in [2.05, 4.69) is 16.3 Å². The molecule has 2 aliphatic rings. The van der Waals surface area contributed by atoms with Crippen molar-refractivity contribution in [3.8, 4) is 6.07 Å². The van der Waals surface area contributed by atoms with Gasteiger partial charge in [0.15, 0.2) is 0 Å². The van der Waals surface area contributed by atoms with Crippen LogP contribution >= 0.6 is 0 Å². The van der Waals surface area contributed by atoms with Crippen molar-refractivity contribution in [2.75, 3.05) is 26.2 Å². The van der Waals surface area contributed by atoms with Crippen LogP contribution < -0.4 is 5.32 Å². The lowest BCUT2D eigenvalue weighted by Crippen LogP contribution is -2.54. The molecule has 1 N–H and O–H groups in total. The Morgan fingerprint density at radius 1 is 1.44 bits per heavy atom. The van der Waals surface area contributed by atoms with Crippen molar-refractivity contribution in [3.05, 3.63) is 0 Å². The van der Waals surface area contributed by atoms with Crippen LogP contribution in [-0.4, -0.2) is 48.8 Å². The number of likely N-dealkylation sites (N-methyl/N-ethyl adjacent to an activating group) is 1. The van der Waals surface area contributed by atoms with Gasteiger partial charge in [0.1, 0.15) is 5.54 Å². The van der Waals surface area contributed by atoms with Crippen LogP contribution in [0.5, 0.6) is 0 Å². The smallest absolute Gasteiger partial charge is 0.116 e. The van der Waals surface area contributed by atoms with Crippen molar-refractivity contribution >= 4 is 0 Å². The third kappa shape index (κ3) is 2.54. The molecule has 2 heterocycles. The van der Waals surface area contributed by atoms with Crippen LogP contribution in [0.4, 0.5) is 0 Å². The number of hydrogen-bond donors (Lipinski definition) is 1. The first-order valence-corrected chi connectivity index (χ1v) is 6.19. The van der Waals surface area contributed by atoms with Crippen LogP contribution in [0.15, 0.2) is 0 Å². The van der Waals surface area contributed by atoms with E-state index in [0.29, 0.717) is 12.2 Å². The van der Waals surface area contributed by atoms with E-state index in [0.717, 1.165) is 26.2 Å². The molecule has 0 amide bonds. The maximum absolute atomic E-state index is 9.22. The topological polar surface area (TPSA) is 48.3 Å². The third-order valence-corrected chi connectivity index (χ3v) is 3.47. The molecule has 2 saturated heterocycles. The van der Waals surface area contributed by atoms with Gasteiger partial charge in [-0.1, -0.05) is 6.92 Å². The minimum absolute atomic E-state index is 0.406. The molecule has 3 atom stereocenters. The van der Waals surface area contributed by atoms with E-state index < -0.39 is 5.54 Å². The van der Waals surface area contributed by atoms with Gasteiger partial charge in [-0.15, -0.1) is 0 Å². The number of nitriles is 1. The second-order valence-corrected chi connectivity index (χ2v) is 5.13. The van der Waals surface area contributed by atoms with Crippen LogP contribution in [0.2, 0.25) is 0 Å². The summed E-state index contributed by atoms with van der Waals surface area (Å²) in [5.74, 6) is 0. The normalized spacial score (nSPS) is 33.3. The van der Waals surface area contributed by atoms with Crippen LogP contribution in [0.1, 0.15) is 26.7 Å². The number of ether oxygens (including phenoxy) is 1. The highest BCUT2D eigenvalue weighted by Gasteiger charge is 2.36. The van der Waals surface area contributed by atoms with E-state index in [1.807, 2.05) is 13.8 Å². The SMILES string of the molecule is CCNC(C)(C#N)CN1CC2CCC(C1)O2. The standard InChI is InChI=1S/C12H21N3O/c1-3-14-12(2,8-13)9-15-6-10-4-5-11(7-15)16-10/h10-11,14H,3-7,9H2,1-2H3. The zero-order valence-electron chi connectivity index (χ0n) is 10.2. The average Bonchev–Trinajstić information content (AvgIpc) is 2.58. The molecule has 0 aromatic heterocycles. The van der Waals surface area contributed by atoms with E-state index in [4.69, 9.17) is 4.74 Å². The first kappa shape index (κ1) is 11.8. The molecule has 90 valence electrons. The van der Waals surface area contributed by atoms with E-state index >= 15 is 0 Å². The molecule has 3 unspecified atom stereocenters. The summed E-state index contributed by atoms with van der Waals surface area (Å²) in [5, 5.41) is 12.5. The van der Waals surface area contributed by atoms with Gasteiger partial charge in [-0.2, -0.15) is 5.26 Å². The molecule has 0 aliphatic carbocycles. The minimum Gasteiger partial charge on any atom is -0.372 e. The van der Waals surface area contributed by atoms with Gasteiger partial charge in [-0.05, 0) is 26.3 Å². The fourth-order valence-corrected chi connectivity index (χ4v) is 2.80. The molecule has 0 aromatic rings. The van der Waals surface area contributed by atoms with Crippen molar-refractivity contribution in [2.45, 2.75) is 44.4 Å². The minimum atomic E-state index is -0.425. The maximum atomic E-state index is 9.22. The molecule has 2 rings (SSSR count). The molecular weight excluding hydrogens is 202 g/mol. The van der Waals surface area contributed by atoms with Gasteiger partial charge in [-0.3, -0.25) is 10.2 Å². The van der Waals surface area contributed by atoms with Gasteiger partial charge in [-0.25, -0.2) is 0 Å². The highest BCUT2D eigenvalue weighted by Crippen LogP contribution is 2.26. The van der Waals surface area contributed by atoms with E-state index in [1.54, 1.807) is 0 Å². The van der Waals surface area contributed by atoms with Crippen molar-refractivity contribution in [1.29, 1.82) is 5.26 Å². The van der Waals surface area contributed by atoms with Gasteiger partial charge in [0, 0.05) is 19.6 Å². The summed E-state index contributed by atoms with van der Waals surface area (Å²) in [7, 11) is 0. The average molecular weight is 223 g/mol. The molecule has 4 heteroatoms. The highest BCUT2D eigenvalue weighted by molar-refractivity contribution is 5.06. The molecule has 2 fully saturated rings. The summed E-state index contributed by atoms with van der Waals surface area (Å²) >= 11 is 0. The Bertz CT molecular complexity index is 276. The Morgan fingerprint density at radius 3 is 2.56 bits per heavy atom. The molecule has 4 nitrogen and oxygen atoms in total. The second kappa shape index (κ2) is 4.70. The van der Waals surface area contributed by atoms with Gasteiger partial charge < -0.3 is 4.74 Å². The summed E-state index contributed by atoms with van der Waals surface area (Å²) in [6, 6.07) is 2.38. The third-order valence-electron chi connectivity index (χ3n) is 3.47. The van der Waals surface area contributed by atoms with Gasteiger partial charge in [0.25, 0.3) is 0 Å². The number of nitrogens with zero attached hydrogens (tertiary/aromatic N) is 2. The van der Waals surface area contributed by atoms with Crippen LogP contribution in [0, 0.1) is 11.3 Å². The molecular formula is C12H21N3O. The summed E-state index contributed by atoms with van der Waals surface area (Å²) in [6.45, 7) is 7.62. The predicted octanol–water partition coefficient (Wildman–Crippen LogP) is 0.741. The second-order valence-electron chi connectivity index (χ2n) is 5.13. The number of hydrogen-bond acceptors (Lipinski definition) is 4. The lowest BCUT2D eigenvalue weighted by Gasteiger charge is -2.36.